The van der Waals surface area contributed by atoms with Crippen molar-refractivity contribution in [3.05, 3.63) is 24.3 Å². The van der Waals surface area contributed by atoms with Crippen molar-refractivity contribution in [2.75, 3.05) is 46.4 Å². The Hall–Kier alpha value is -1.64. The van der Waals surface area contributed by atoms with E-state index in [2.05, 4.69) is 10.2 Å². The molecule has 1 heterocycles. The maximum absolute atomic E-state index is 12.8. The van der Waals surface area contributed by atoms with Crippen molar-refractivity contribution in [1.29, 1.82) is 0 Å². The minimum atomic E-state index is -3.48. The number of rotatable bonds is 9. The molecule has 1 aliphatic carbocycles. The number of carbonyl (C=O) groups is 1. The van der Waals surface area contributed by atoms with Gasteiger partial charge in [-0.15, -0.1) is 0 Å². The highest BCUT2D eigenvalue weighted by Crippen LogP contribution is 2.27. The van der Waals surface area contributed by atoms with Crippen LogP contribution in [0, 0.1) is 5.92 Å². The first kappa shape index (κ1) is 23.0. The standard InChI is InChI=1S/C22H35N3O4S/c1-29-20-8-10-21(11-9-20)30(27,28)25-17-15-24(16-18-25)14-13-23-22(26)12-7-19-5-3-2-4-6-19/h8-11,19H,2-7,12-18H2,1H3,(H,23,26). The topological polar surface area (TPSA) is 79.0 Å². The van der Waals surface area contributed by atoms with Crippen molar-refractivity contribution in [2.24, 2.45) is 5.92 Å². The normalized spacial score (nSPS) is 19.5. The van der Waals surface area contributed by atoms with Gasteiger partial charge in [-0.05, 0) is 36.6 Å². The summed E-state index contributed by atoms with van der Waals surface area (Å²) in [5.74, 6) is 1.51. The first-order chi connectivity index (χ1) is 14.5. The number of nitrogens with one attached hydrogen (secondary N) is 1. The molecule has 30 heavy (non-hydrogen) atoms. The zero-order chi connectivity index (χ0) is 21.4. The predicted molar refractivity (Wildman–Crippen MR) is 117 cm³/mol. The molecule has 1 saturated heterocycles. The molecular weight excluding hydrogens is 402 g/mol. The monoisotopic (exact) mass is 437 g/mol. The second-order valence-electron chi connectivity index (χ2n) is 8.31. The summed E-state index contributed by atoms with van der Waals surface area (Å²) < 4.78 is 32.3. The van der Waals surface area contributed by atoms with Gasteiger partial charge in [-0.25, -0.2) is 8.42 Å². The SMILES string of the molecule is COc1ccc(S(=O)(=O)N2CCN(CCNC(=O)CCC3CCCCC3)CC2)cc1. The quantitative estimate of drug-likeness (QED) is 0.642. The number of hydrogen-bond donors (Lipinski definition) is 1. The van der Waals surface area contributed by atoms with Crippen LogP contribution in [0.4, 0.5) is 0 Å². The average Bonchev–Trinajstić information content (AvgIpc) is 2.79. The van der Waals surface area contributed by atoms with Gasteiger partial charge >= 0.3 is 0 Å². The number of hydrogen-bond acceptors (Lipinski definition) is 5. The summed E-state index contributed by atoms with van der Waals surface area (Å²) in [5.41, 5.74) is 0. The minimum Gasteiger partial charge on any atom is -0.497 e. The lowest BCUT2D eigenvalue weighted by Crippen LogP contribution is -2.50. The molecule has 2 aliphatic rings. The van der Waals surface area contributed by atoms with Gasteiger partial charge < -0.3 is 10.1 Å². The van der Waals surface area contributed by atoms with Gasteiger partial charge in [0, 0.05) is 45.7 Å². The van der Waals surface area contributed by atoms with Gasteiger partial charge in [-0.2, -0.15) is 4.31 Å². The maximum atomic E-state index is 12.8. The molecule has 1 aromatic rings. The van der Waals surface area contributed by atoms with E-state index in [1.807, 2.05) is 0 Å². The number of nitrogens with zero attached hydrogens (tertiary/aromatic N) is 2. The van der Waals surface area contributed by atoms with Crippen LogP contribution >= 0.6 is 0 Å². The molecule has 2 fully saturated rings. The summed E-state index contributed by atoms with van der Waals surface area (Å²) in [6.07, 6.45) is 8.15. The molecule has 1 aliphatic heterocycles. The number of ether oxygens (including phenoxy) is 1. The van der Waals surface area contributed by atoms with Gasteiger partial charge in [0.1, 0.15) is 5.75 Å². The van der Waals surface area contributed by atoms with Crippen molar-refractivity contribution in [3.63, 3.8) is 0 Å². The van der Waals surface area contributed by atoms with Crippen LogP contribution in [-0.4, -0.2) is 69.9 Å². The van der Waals surface area contributed by atoms with Gasteiger partial charge in [0.15, 0.2) is 0 Å². The molecule has 0 unspecified atom stereocenters. The lowest BCUT2D eigenvalue weighted by molar-refractivity contribution is -0.121. The fourth-order valence-electron chi connectivity index (χ4n) is 4.34. The van der Waals surface area contributed by atoms with Crippen molar-refractivity contribution < 1.29 is 17.9 Å². The average molecular weight is 438 g/mol. The third-order valence-corrected chi connectivity index (χ3v) is 8.20. The zero-order valence-electron chi connectivity index (χ0n) is 18.0. The second kappa shape index (κ2) is 11.1. The fraction of sp³-hybridized carbons (Fsp3) is 0.682. The van der Waals surface area contributed by atoms with Crippen molar-refractivity contribution in [3.8, 4) is 5.75 Å². The van der Waals surface area contributed by atoms with E-state index >= 15 is 0 Å². The molecule has 0 atom stereocenters. The molecule has 1 N–H and O–H groups in total. The molecule has 8 heteroatoms. The van der Waals surface area contributed by atoms with Crippen LogP contribution in [0.15, 0.2) is 29.2 Å². The van der Waals surface area contributed by atoms with Crippen molar-refractivity contribution in [1.82, 2.24) is 14.5 Å². The second-order valence-corrected chi connectivity index (χ2v) is 10.3. The molecule has 0 aromatic heterocycles. The molecule has 1 aromatic carbocycles. The van der Waals surface area contributed by atoms with Gasteiger partial charge in [0.05, 0.1) is 12.0 Å². The first-order valence-corrected chi connectivity index (χ1v) is 12.6. The van der Waals surface area contributed by atoms with Crippen LogP contribution in [-0.2, 0) is 14.8 Å². The number of benzene rings is 1. The van der Waals surface area contributed by atoms with E-state index in [1.165, 1.54) is 36.4 Å². The number of methoxy groups -OCH3 is 1. The highest BCUT2D eigenvalue weighted by Gasteiger charge is 2.28. The Labute approximate surface area is 180 Å². The Balaban J connectivity index is 1.35. The molecule has 3 rings (SSSR count). The van der Waals surface area contributed by atoms with Crippen LogP contribution in [0.2, 0.25) is 0 Å². The van der Waals surface area contributed by atoms with Gasteiger partial charge in [-0.1, -0.05) is 32.1 Å². The number of carbonyl (C=O) groups excluding carboxylic acids is 1. The van der Waals surface area contributed by atoms with Gasteiger partial charge in [0.25, 0.3) is 0 Å². The summed E-state index contributed by atoms with van der Waals surface area (Å²) in [7, 11) is -1.92. The predicted octanol–water partition coefficient (Wildman–Crippen LogP) is 2.48. The minimum absolute atomic E-state index is 0.140. The van der Waals surface area contributed by atoms with Gasteiger partial charge in [0.2, 0.25) is 15.9 Å². The van der Waals surface area contributed by atoms with E-state index in [0.29, 0.717) is 49.8 Å². The highest BCUT2D eigenvalue weighted by molar-refractivity contribution is 7.89. The molecule has 1 amide bonds. The largest absolute Gasteiger partial charge is 0.497 e. The van der Waals surface area contributed by atoms with Gasteiger partial charge in [-0.3, -0.25) is 9.69 Å². The third-order valence-electron chi connectivity index (χ3n) is 6.28. The van der Waals surface area contributed by atoms with Crippen LogP contribution in [0.25, 0.3) is 0 Å². The summed E-state index contributed by atoms with van der Waals surface area (Å²) in [4.78, 5) is 14.6. The van der Waals surface area contributed by atoms with E-state index in [1.54, 1.807) is 31.4 Å². The van der Waals surface area contributed by atoms with Crippen LogP contribution in [0.3, 0.4) is 0 Å². The summed E-state index contributed by atoms with van der Waals surface area (Å²) >= 11 is 0. The zero-order valence-corrected chi connectivity index (χ0v) is 18.8. The molecule has 0 spiro atoms. The number of amides is 1. The lowest BCUT2D eigenvalue weighted by atomic mass is 9.86. The Kier molecular flexibility index (Phi) is 8.53. The van der Waals surface area contributed by atoms with E-state index < -0.39 is 10.0 Å². The highest BCUT2D eigenvalue weighted by atomic mass is 32.2. The molecule has 168 valence electrons. The van der Waals surface area contributed by atoms with Crippen LogP contribution in [0.5, 0.6) is 5.75 Å². The number of piperazine rings is 1. The van der Waals surface area contributed by atoms with E-state index in [9.17, 15) is 13.2 Å². The fourth-order valence-corrected chi connectivity index (χ4v) is 5.77. The lowest BCUT2D eigenvalue weighted by Gasteiger charge is -2.34. The Morgan fingerprint density at radius 3 is 2.37 bits per heavy atom. The summed E-state index contributed by atoms with van der Waals surface area (Å²) in [6.45, 7) is 3.65. The van der Waals surface area contributed by atoms with E-state index in [-0.39, 0.29) is 5.91 Å². The third kappa shape index (κ3) is 6.43. The summed E-state index contributed by atoms with van der Waals surface area (Å²) in [6, 6.07) is 6.51. The summed E-state index contributed by atoms with van der Waals surface area (Å²) in [5, 5.41) is 3.02. The number of sulfonamides is 1. The molecule has 0 bridgehead atoms. The van der Waals surface area contributed by atoms with Crippen molar-refractivity contribution in [2.45, 2.75) is 49.8 Å². The first-order valence-electron chi connectivity index (χ1n) is 11.1. The Morgan fingerprint density at radius 2 is 1.73 bits per heavy atom. The maximum Gasteiger partial charge on any atom is 0.243 e. The smallest absolute Gasteiger partial charge is 0.243 e. The van der Waals surface area contributed by atoms with Crippen molar-refractivity contribution >= 4 is 15.9 Å². The van der Waals surface area contributed by atoms with Crippen LogP contribution in [0.1, 0.15) is 44.9 Å². The Morgan fingerprint density at radius 1 is 1.07 bits per heavy atom. The molecule has 0 radical (unpaired) electrons. The Bertz CT molecular complexity index is 768. The van der Waals surface area contributed by atoms with E-state index in [0.717, 1.165) is 18.9 Å². The molecular formula is C22H35N3O4S. The van der Waals surface area contributed by atoms with Crippen LogP contribution < -0.4 is 10.1 Å². The van der Waals surface area contributed by atoms with E-state index in [4.69, 9.17) is 4.74 Å². The molecule has 1 saturated carbocycles. The molecule has 7 nitrogen and oxygen atoms in total.